The molecule has 170 valence electrons. The van der Waals surface area contributed by atoms with Gasteiger partial charge >= 0.3 is 5.69 Å². The summed E-state index contributed by atoms with van der Waals surface area (Å²) in [5, 5.41) is 0. The zero-order valence-corrected chi connectivity index (χ0v) is 18.3. The number of nitrogens with zero attached hydrogens (tertiary/aromatic N) is 5. The van der Waals surface area contributed by atoms with E-state index >= 15 is 0 Å². The molecule has 0 bridgehead atoms. The van der Waals surface area contributed by atoms with Gasteiger partial charge in [-0.15, -0.1) is 0 Å². The number of unbranched alkanes of at least 4 members (excludes halogenated alkanes) is 9. The molecule has 0 unspecified atom stereocenters. The van der Waals surface area contributed by atoms with E-state index in [0.717, 1.165) is 103 Å². The van der Waals surface area contributed by atoms with Crippen LogP contribution in [0.5, 0.6) is 0 Å². The Labute approximate surface area is 179 Å². The van der Waals surface area contributed by atoms with E-state index in [4.69, 9.17) is 5.73 Å². The van der Waals surface area contributed by atoms with Crippen molar-refractivity contribution in [2.24, 2.45) is 15.7 Å². The number of rotatable bonds is 20. The molecule has 30 heavy (non-hydrogen) atoms. The van der Waals surface area contributed by atoms with Gasteiger partial charge in [-0.1, -0.05) is 38.5 Å². The van der Waals surface area contributed by atoms with E-state index in [-0.39, 0.29) is 5.69 Å². The van der Waals surface area contributed by atoms with Gasteiger partial charge in [-0.25, -0.2) is 38.5 Å². The zero-order chi connectivity index (χ0) is 21.9. The monoisotopic (exact) mass is 422 g/mol. The summed E-state index contributed by atoms with van der Waals surface area (Å²) in [6.45, 7) is 4.14. The first-order valence-electron chi connectivity index (χ1n) is 11.4. The molecule has 9 nitrogen and oxygen atoms in total. The summed E-state index contributed by atoms with van der Waals surface area (Å²) in [5.74, 6) is 0. The molecule has 2 N–H and O–H groups in total. The molecule has 0 aliphatic heterocycles. The second-order valence-corrected chi connectivity index (χ2v) is 7.60. The van der Waals surface area contributed by atoms with E-state index in [2.05, 4.69) is 14.8 Å². The van der Waals surface area contributed by atoms with Gasteiger partial charge in [0.05, 0.1) is 19.6 Å². The number of aliphatic imine (C=N–C) groups is 2. The molecule has 0 fully saturated rings. The second-order valence-electron chi connectivity index (χ2n) is 7.60. The minimum Gasteiger partial charge on any atom is -0.330 e. The lowest BCUT2D eigenvalue weighted by Gasteiger charge is -2.27. The molecule has 0 radical (unpaired) electrons. The highest BCUT2D eigenvalue weighted by atomic mass is 16.2. The van der Waals surface area contributed by atoms with Gasteiger partial charge in [0.1, 0.15) is 0 Å². The first-order valence-corrected chi connectivity index (χ1v) is 11.4. The van der Waals surface area contributed by atoms with Crippen molar-refractivity contribution in [1.29, 1.82) is 0 Å². The summed E-state index contributed by atoms with van der Waals surface area (Å²) >= 11 is 0. The molecule has 0 aliphatic carbocycles. The molecule has 0 aliphatic rings. The Balaban J connectivity index is 2.46. The predicted molar refractivity (Wildman–Crippen MR) is 117 cm³/mol. The van der Waals surface area contributed by atoms with Crippen LogP contribution in [0.1, 0.15) is 77.0 Å². The maximum Gasteiger partial charge on any atom is 0.360 e. The van der Waals surface area contributed by atoms with E-state index in [1.165, 1.54) is 0 Å². The first-order chi connectivity index (χ1) is 14.8. The van der Waals surface area contributed by atoms with Crippen molar-refractivity contribution in [2.45, 2.75) is 96.7 Å². The molecule has 1 rings (SSSR count). The van der Waals surface area contributed by atoms with Gasteiger partial charge in [-0.2, -0.15) is 0 Å². The minimum atomic E-state index is 0.0908. The second kappa shape index (κ2) is 17.6. The fraction of sp³-hybridized carbons (Fsp3) is 0.857. The van der Waals surface area contributed by atoms with Crippen molar-refractivity contribution in [1.82, 2.24) is 14.2 Å². The van der Waals surface area contributed by atoms with Gasteiger partial charge in [-0.3, -0.25) is 0 Å². The topological polar surface area (TPSA) is 117 Å². The van der Waals surface area contributed by atoms with Gasteiger partial charge in [0.2, 0.25) is 12.2 Å². The van der Waals surface area contributed by atoms with E-state index in [1.54, 1.807) is 12.2 Å². The van der Waals surface area contributed by atoms with Crippen LogP contribution in [0, 0.1) is 0 Å². The molecule has 1 heterocycles. The van der Waals surface area contributed by atoms with Crippen LogP contribution >= 0.6 is 0 Å². The maximum absolute atomic E-state index is 12.6. The van der Waals surface area contributed by atoms with Crippen molar-refractivity contribution < 1.29 is 9.59 Å². The van der Waals surface area contributed by atoms with Crippen LogP contribution in [-0.4, -0.2) is 46.0 Å². The fourth-order valence-electron chi connectivity index (χ4n) is 3.54. The Kier molecular flexibility index (Phi) is 15.2. The van der Waals surface area contributed by atoms with E-state index in [9.17, 15) is 14.4 Å². The molecular weight excluding hydrogens is 384 g/mol. The SMILES string of the molecule is NCCCCCCn1n(CCCCCCN=C=O)c(=O)n1CCCCCCN=C=O. The van der Waals surface area contributed by atoms with Crippen LogP contribution in [0.25, 0.3) is 0 Å². The number of aromatic nitrogens is 3. The summed E-state index contributed by atoms with van der Waals surface area (Å²) < 4.78 is 3.73. The van der Waals surface area contributed by atoms with Crippen LogP contribution in [0.2, 0.25) is 0 Å². The maximum atomic E-state index is 12.6. The predicted octanol–water partition coefficient (Wildman–Crippen LogP) is 2.76. The lowest BCUT2D eigenvalue weighted by molar-refractivity contribution is 0.199. The highest BCUT2D eigenvalue weighted by Gasteiger charge is 2.15. The summed E-state index contributed by atoms with van der Waals surface area (Å²) in [6.07, 6.45) is 15.2. The third kappa shape index (κ3) is 10.5. The van der Waals surface area contributed by atoms with Gasteiger partial charge in [-0.05, 0) is 45.1 Å². The van der Waals surface area contributed by atoms with Crippen LogP contribution < -0.4 is 11.4 Å². The number of isocyanates is 2. The largest absolute Gasteiger partial charge is 0.360 e. The lowest BCUT2D eigenvalue weighted by atomic mass is 10.2. The van der Waals surface area contributed by atoms with Crippen molar-refractivity contribution in [3.8, 4) is 0 Å². The van der Waals surface area contributed by atoms with Gasteiger partial charge < -0.3 is 5.73 Å². The molecular formula is C21H38N6O3. The fourth-order valence-corrected chi connectivity index (χ4v) is 3.54. The summed E-state index contributed by atoms with van der Waals surface area (Å²) in [7, 11) is 0. The van der Waals surface area contributed by atoms with Gasteiger partial charge in [0.25, 0.3) is 0 Å². The summed E-state index contributed by atoms with van der Waals surface area (Å²) in [6, 6.07) is 0. The highest BCUT2D eigenvalue weighted by Crippen LogP contribution is 2.07. The molecule has 0 saturated heterocycles. The highest BCUT2D eigenvalue weighted by molar-refractivity contribution is 5.32. The zero-order valence-electron chi connectivity index (χ0n) is 18.3. The van der Waals surface area contributed by atoms with Crippen molar-refractivity contribution in [3.05, 3.63) is 10.5 Å². The average Bonchev–Trinajstić information content (AvgIpc) is 2.75. The minimum absolute atomic E-state index is 0.0908. The van der Waals surface area contributed by atoms with Crippen LogP contribution in [-0.2, 0) is 29.2 Å². The van der Waals surface area contributed by atoms with Crippen molar-refractivity contribution in [2.75, 3.05) is 19.6 Å². The van der Waals surface area contributed by atoms with E-state index in [1.807, 2.05) is 9.36 Å². The Hall–Kier alpha value is -2.21. The number of nitrogens with two attached hydrogens (primary N) is 1. The molecule has 0 atom stereocenters. The standard InChI is InChI=1S/C21H38N6O3/c22-13-7-1-4-12-18-27-25(16-10-5-2-8-14-23-19-28)21(30)26(27)17-11-6-3-9-15-24-20-29/h1-18,22H2. The van der Waals surface area contributed by atoms with Crippen LogP contribution in [0.3, 0.4) is 0 Å². The summed E-state index contributed by atoms with van der Waals surface area (Å²) in [4.78, 5) is 41.9. The average molecular weight is 423 g/mol. The van der Waals surface area contributed by atoms with Gasteiger partial charge in [0, 0.05) is 13.1 Å². The molecule has 0 amide bonds. The Morgan fingerprint density at radius 1 is 0.633 bits per heavy atom. The van der Waals surface area contributed by atoms with E-state index < -0.39 is 0 Å². The van der Waals surface area contributed by atoms with Crippen molar-refractivity contribution >= 4 is 12.2 Å². The Morgan fingerprint density at radius 2 is 1.07 bits per heavy atom. The molecule has 1 aromatic rings. The normalized spacial score (nSPS) is 10.7. The lowest BCUT2D eigenvalue weighted by Crippen LogP contribution is -2.50. The van der Waals surface area contributed by atoms with Crippen molar-refractivity contribution in [3.63, 3.8) is 0 Å². The number of carbonyl (C=O) groups excluding carboxylic acids is 2. The van der Waals surface area contributed by atoms with E-state index in [0.29, 0.717) is 13.1 Å². The molecule has 1 aromatic heterocycles. The molecule has 0 saturated carbocycles. The third-order valence-corrected chi connectivity index (χ3v) is 5.22. The number of hydrogen-bond donors (Lipinski definition) is 1. The summed E-state index contributed by atoms with van der Waals surface area (Å²) in [5.41, 5.74) is 5.65. The van der Waals surface area contributed by atoms with Gasteiger partial charge in [0.15, 0.2) is 0 Å². The van der Waals surface area contributed by atoms with Crippen LogP contribution in [0.15, 0.2) is 14.8 Å². The molecule has 0 spiro atoms. The quantitative estimate of drug-likeness (QED) is 0.197. The number of hydrogen-bond acceptors (Lipinski definition) is 6. The molecule has 0 aromatic carbocycles. The smallest absolute Gasteiger partial charge is 0.330 e. The van der Waals surface area contributed by atoms with Crippen LogP contribution in [0.4, 0.5) is 0 Å². The first kappa shape index (κ1) is 25.8. The third-order valence-electron chi connectivity index (χ3n) is 5.22. The Bertz CT molecular complexity index is 659. The molecule has 9 heteroatoms. The Morgan fingerprint density at radius 3 is 1.53 bits per heavy atom.